The molecule has 1 fully saturated rings. The Bertz CT molecular complexity index is 2540. The molecule has 6 aromatic rings. The molecule has 1 aliphatic rings. The molecule has 1 unspecified atom stereocenters. The molecule has 1 aliphatic heterocycles. The minimum atomic E-state index is -4.44. The van der Waals surface area contributed by atoms with Crippen molar-refractivity contribution >= 4 is 22.9 Å². The van der Waals surface area contributed by atoms with Crippen molar-refractivity contribution < 1.29 is 64.0 Å². The lowest BCUT2D eigenvalue weighted by atomic mass is 10.0. The van der Waals surface area contributed by atoms with Crippen LogP contribution in [0.25, 0.3) is 33.8 Å². The number of halogens is 7. The van der Waals surface area contributed by atoms with Crippen LogP contribution in [-0.4, -0.2) is 102 Å². The smallest absolute Gasteiger partial charge is 0.389 e. The van der Waals surface area contributed by atoms with Crippen LogP contribution in [0.2, 0.25) is 0 Å². The average Bonchev–Trinajstić information content (AvgIpc) is 3.87. The summed E-state index contributed by atoms with van der Waals surface area (Å²) in [7, 11) is 7.42. The van der Waals surface area contributed by atoms with Crippen LogP contribution < -0.4 is 23.7 Å². The van der Waals surface area contributed by atoms with E-state index in [1.165, 1.54) is 65.1 Å². The Morgan fingerprint density at radius 2 is 1.13 bits per heavy atom. The number of hydrogen-bond acceptors (Lipinski definition) is 10. The first kappa shape index (κ1) is 46.1. The number of Topliss-reactive ketones (excluding diaryl/α,β-unsaturated/α-hetero) is 2. The van der Waals surface area contributed by atoms with E-state index in [0.717, 1.165) is 31.7 Å². The molecule has 4 aromatic heterocycles. The van der Waals surface area contributed by atoms with Crippen molar-refractivity contribution in [3.05, 3.63) is 90.3 Å². The quantitative estimate of drug-likeness (QED) is 0.0773. The number of ether oxygens (including phenoxy) is 5. The highest BCUT2D eigenvalue weighted by molar-refractivity contribution is 6.03. The molecular formula is C44H44F7N5O7. The van der Waals surface area contributed by atoms with E-state index in [1.54, 1.807) is 22.7 Å². The standard InChI is InChI=1S/C25H28F3N3O4.C19H16F4N2O3/c1-30-9-4-5-18(15-30)35-17-7-10-31-19(14-29-23(31)13-17)16-11-21(33-2)24(22(12-16)34-3)20(32)6-8-25(26,27)28;1-27-15-7-11(13-10-24-17-9-12(20)4-6-25(13)17)8-16(28-2)18(15)14(26)3-5-19(21,22)23/h7,10-14,18H,4-6,8-9,15H2,1-3H3;4,6-10H,3,5H2,1-2H3. The molecule has 0 amide bonds. The third-order valence-corrected chi connectivity index (χ3v) is 10.3. The Morgan fingerprint density at radius 3 is 1.56 bits per heavy atom. The Labute approximate surface area is 357 Å². The molecule has 1 atom stereocenters. The van der Waals surface area contributed by atoms with Crippen LogP contribution in [0.15, 0.2) is 73.3 Å². The molecule has 0 aliphatic carbocycles. The molecule has 1 saturated heterocycles. The van der Waals surface area contributed by atoms with Gasteiger partial charge in [0.05, 0.1) is 65.1 Å². The number of rotatable bonds is 14. The number of imidazole rings is 2. The first-order valence-electron chi connectivity index (χ1n) is 19.6. The van der Waals surface area contributed by atoms with E-state index in [2.05, 4.69) is 21.9 Å². The number of aromatic nitrogens is 4. The molecule has 0 N–H and O–H groups in total. The summed E-state index contributed by atoms with van der Waals surface area (Å²) in [6.45, 7) is 1.95. The number of likely N-dealkylation sites (N-methyl/N-ethyl adjacent to an activating group) is 1. The normalized spacial score (nSPS) is 14.6. The van der Waals surface area contributed by atoms with Gasteiger partial charge >= 0.3 is 12.4 Å². The maximum atomic E-state index is 13.4. The van der Waals surface area contributed by atoms with Crippen LogP contribution in [0.5, 0.6) is 28.7 Å². The van der Waals surface area contributed by atoms with Gasteiger partial charge in [0.15, 0.2) is 11.6 Å². The van der Waals surface area contributed by atoms with Crippen molar-refractivity contribution in [3.8, 4) is 51.3 Å². The summed E-state index contributed by atoms with van der Waals surface area (Å²) in [5.41, 5.74) is 3.43. The summed E-state index contributed by atoms with van der Waals surface area (Å²) in [5.74, 6) is -0.697. The summed E-state index contributed by atoms with van der Waals surface area (Å²) in [4.78, 5) is 35.8. The second-order valence-electron chi connectivity index (χ2n) is 14.7. The molecule has 0 bridgehead atoms. The Hall–Kier alpha value is -6.37. The number of ketones is 2. The van der Waals surface area contributed by atoms with Crippen LogP contribution in [-0.2, 0) is 0 Å². The molecule has 63 heavy (non-hydrogen) atoms. The zero-order valence-corrected chi connectivity index (χ0v) is 34.9. The van der Waals surface area contributed by atoms with Crippen LogP contribution >= 0.6 is 0 Å². The van der Waals surface area contributed by atoms with Crippen LogP contribution in [0, 0.1) is 5.82 Å². The highest BCUT2D eigenvalue weighted by Gasteiger charge is 2.32. The van der Waals surface area contributed by atoms with Crippen molar-refractivity contribution in [3.63, 3.8) is 0 Å². The second-order valence-corrected chi connectivity index (χ2v) is 14.7. The lowest BCUT2D eigenvalue weighted by Gasteiger charge is -2.30. The molecule has 7 rings (SSSR count). The number of carbonyl (C=O) groups excluding carboxylic acids is 2. The molecule has 0 radical (unpaired) electrons. The van der Waals surface area contributed by atoms with Gasteiger partial charge < -0.3 is 28.6 Å². The number of hydrogen-bond donors (Lipinski definition) is 0. The van der Waals surface area contributed by atoms with Crippen molar-refractivity contribution in [1.29, 1.82) is 0 Å². The topological polar surface area (TPSA) is 118 Å². The fourth-order valence-corrected chi connectivity index (χ4v) is 7.26. The van der Waals surface area contributed by atoms with Gasteiger partial charge in [-0.2, -0.15) is 26.3 Å². The Balaban J connectivity index is 0.000000215. The van der Waals surface area contributed by atoms with E-state index in [9.17, 15) is 40.3 Å². The van der Waals surface area contributed by atoms with E-state index in [-0.39, 0.29) is 40.2 Å². The number of piperidine rings is 1. The van der Waals surface area contributed by atoms with Gasteiger partial charge in [-0.05, 0) is 62.8 Å². The third kappa shape index (κ3) is 11.2. The average molecular weight is 888 g/mol. The zero-order chi connectivity index (χ0) is 45.6. The summed E-state index contributed by atoms with van der Waals surface area (Å²) in [6, 6.07) is 12.5. The largest absolute Gasteiger partial charge is 0.496 e. The highest BCUT2D eigenvalue weighted by Crippen LogP contribution is 2.39. The van der Waals surface area contributed by atoms with Crippen LogP contribution in [0.1, 0.15) is 59.2 Å². The van der Waals surface area contributed by atoms with Crippen molar-refractivity contribution in [2.24, 2.45) is 0 Å². The predicted octanol–water partition coefficient (Wildman–Crippen LogP) is 9.70. The minimum absolute atomic E-state index is 0.00930. The Kier molecular flexibility index (Phi) is 14.2. The van der Waals surface area contributed by atoms with E-state index in [1.807, 2.05) is 22.7 Å². The number of likely N-dealkylation sites (tertiary alicyclic amines) is 1. The summed E-state index contributed by atoms with van der Waals surface area (Å²) >= 11 is 0. The maximum absolute atomic E-state index is 13.4. The van der Waals surface area contributed by atoms with Gasteiger partial charge in [-0.1, -0.05) is 0 Å². The molecule has 0 spiro atoms. The molecule has 19 heteroatoms. The minimum Gasteiger partial charge on any atom is -0.496 e. The van der Waals surface area contributed by atoms with E-state index >= 15 is 0 Å². The SMILES string of the molecule is COc1cc(-c2cnc3cc(F)ccn23)cc(OC)c1C(=O)CCC(F)(F)F.COc1cc(-c2cnc3cc(OC4CCCN(C)C4)ccn23)cc(OC)c1C(=O)CCC(F)(F)F. The van der Waals surface area contributed by atoms with Gasteiger partial charge in [0.2, 0.25) is 0 Å². The fourth-order valence-electron chi connectivity index (χ4n) is 7.26. The maximum Gasteiger partial charge on any atom is 0.389 e. The molecule has 336 valence electrons. The zero-order valence-electron chi connectivity index (χ0n) is 34.9. The van der Waals surface area contributed by atoms with Crippen LogP contribution in [0.4, 0.5) is 30.7 Å². The van der Waals surface area contributed by atoms with Crippen LogP contribution in [0.3, 0.4) is 0 Å². The van der Waals surface area contributed by atoms with Gasteiger partial charge in [0, 0.05) is 55.0 Å². The van der Waals surface area contributed by atoms with Crippen molar-refractivity contribution in [1.82, 2.24) is 23.7 Å². The van der Waals surface area contributed by atoms with E-state index < -0.39 is 55.4 Å². The monoisotopic (exact) mass is 887 g/mol. The number of fused-ring (bicyclic) bond motifs is 2. The number of benzene rings is 2. The lowest BCUT2D eigenvalue weighted by molar-refractivity contribution is -0.134. The highest BCUT2D eigenvalue weighted by atomic mass is 19.4. The summed E-state index contributed by atoms with van der Waals surface area (Å²) in [5, 5.41) is 0. The number of carbonyl (C=O) groups is 2. The van der Waals surface area contributed by atoms with Gasteiger partial charge in [0.1, 0.15) is 63.1 Å². The molecule has 2 aromatic carbocycles. The van der Waals surface area contributed by atoms with Gasteiger partial charge in [0.25, 0.3) is 0 Å². The van der Waals surface area contributed by atoms with Gasteiger partial charge in [-0.25, -0.2) is 14.4 Å². The second kappa shape index (κ2) is 19.3. The lowest BCUT2D eigenvalue weighted by Crippen LogP contribution is -2.38. The summed E-state index contributed by atoms with van der Waals surface area (Å²) in [6.07, 6.45) is -3.98. The van der Waals surface area contributed by atoms with E-state index in [0.29, 0.717) is 33.8 Å². The molecular weight excluding hydrogens is 843 g/mol. The number of nitrogens with zero attached hydrogens (tertiary/aromatic N) is 5. The number of methoxy groups -OCH3 is 4. The first-order chi connectivity index (χ1) is 29.9. The molecule has 12 nitrogen and oxygen atoms in total. The fraction of sp³-hybridized carbons (Fsp3) is 0.364. The number of pyridine rings is 2. The summed E-state index contributed by atoms with van der Waals surface area (Å²) < 4.78 is 120. The third-order valence-electron chi connectivity index (χ3n) is 10.3. The van der Waals surface area contributed by atoms with Gasteiger partial charge in [-0.15, -0.1) is 0 Å². The molecule has 0 saturated carbocycles. The molecule has 5 heterocycles. The van der Waals surface area contributed by atoms with Crippen molar-refractivity contribution in [2.45, 2.75) is 57.0 Å². The number of alkyl halides is 6. The first-order valence-corrected chi connectivity index (χ1v) is 19.6. The van der Waals surface area contributed by atoms with Gasteiger partial charge in [-0.3, -0.25) is 18.4 Å². The predicted molar refractivity (Wildman–Crippen MR) is 218 cm³/mol. The van der Waals surface area contributed by atoms with E-state index in [4.69, 9.17) is 23.7 Å². The van der Waals surface area contributed by atoms with Crippen molar-refractivity contribution in [2.75, 3.05) is 48.6 Å². The Morgan fingerprint density at radius 1 is 0.683 bits per heavy atom.